The number of likely N-dealkylation sites (tertiary alicyclic amines) is 1. The first kappa shape index (κ1) is 17.2. The van der Waals surface area contributed by atoms with Crippen LogP contribution in [0.5, 0.6) is 5.75 Å². The minimum Gasteiger partial charge on any atom is -0.493 e. The van der Waals surface area contributed by atoms with E-state index in [0.717, 1.165) is 37.2 Å². The van der Waals surface area contributed by atoms with Crippen molar-refractivity contribution in [2.45, 2.75) is 51.7 Å². The van der Waals surface area contributed by atoms with Gasteiger partial charge in [-0.15, -0.1) is 0 Å². The van der Waals surface area contributed by atoms with Gasteiger partial charge >= 0.3 is 0 Å². The molecule has 0 bridgehead atoms. The van der Waals surface area contributed by atoms with Crippen molar-refractivity contribution in [2.75, 3.05) is 19.7 Å². The van der Waals surface area contributed by atoms with E-state index in [1.165, 1.54) is 0 Å². The number of carbonyl (C=O) groups is 1. The lowest BCUT2D eigenvalue weighted by Crippen LogP contribution is -2.57. The van der Waals surface area contributed by atoms with Crippen LogP contribution in [0.3, 0.4) is 0 Å². The molecule has 2 aliphatic heterocycles. The molecule has 3 rings (SSSR count). The molecule has 1 amide bonds. The number of fused-ring (bicyclic) bond motifs is 1. The van der Waals surface area contributed by atoms with E-state index in [4.69, 9.17) is 10.5 Å². The average molecular weight is 331 g/mol. The highest BCUT2D eigenvalue weighted by atomic mass is 16.5. The van der Waals surface area contributed by atoms with E-state index < -0.39 is 0 Å². The van der Waals surface area contributed by atoms with Crippen molar-refractivity contribution in [1.82, 2.24) is 10.2 Å². The van der Waals surface area contributed by atoms with Crippen LogP contribution >= 0.6 is 0 Å². The maximum absolute atomic E-state index is 12.8. The fourth-order valence-electron chi connectivity index (χ4n) is 3.70. The van der Waals surface area contributed by atoms with Crippen LogP contribution in [0.2, 0.25) is 0 Å². The van der Waals surface area contributed by atoms with E-state index in [1.807, 2.05) is 31.2 Å². The van der Waals surface area contributed by atoms with Crippen LogP contribution in [0.1, 0.15) is 45.2 Å². The van der Waals surface area contributed by atoms with Gasteiger partial charge < -0.3 is 15.8 Å². The highest BCUT2D eigenvalue weighted by Gasteiger charge is 2.37. The zero-order chi connectivity index (χ0) is 17.3. The fraction of sp³-hybridized carbons (Fsp3) is 0.632. The van der Waals surface area contributed by atoms with Crippen LogP contribution in [0, 0.1) is 5.41 Å². The summed E-state index contributed by atoms with van der Waals surface area (Å²) >= 11 is 0. The standard InChI is InChI=1S/C19H29N3O2/c1-13(22-10-8-17(20)19(2,3)12-22)18(23)21-15-9-11-24-16-7-5-4-6-14(15)16/h4-7,13,15,17H,8-12,20H2,1-3H3,(H,21,23). The molecule has 0 radical (unpaired) electrons. The lowest BCUT2D eigenvalue weighted by Gasteiger charge is -2.44. The Morgan fingerprint density at radius 3 is 2.88 bits per heavy atom. The summed E-state index contributed by atoms with van der Waals surface area (Å²) in [5.74, 6) is 0.967. The smallest absolute Gasteiger partial charge is 0.237 e. The number of nitrogens with two attached hydrogens (primary N) is 1. The molecule has 3 atom stereocenters. The average Bonchev–Trinajstić information content (AvgIpc) is 2.57. The van der Waals surface area contributed by atoms with Gasteiger partial charge in [0.15, 0.2) is 0 Å². The van der Waals surface area contributed by atoms with Gasteiger partial charge in [0, 0.05) is 31.1 Å². The number of rotatable bonds is 3. The molecule has 0 aromatic heterocycles. The van der Waals surface area contributed by atoms with Crippen molar-refractivity contribution in [1.29, 1.82) is 0 Å². The van der Waals surface area contributed by atoms with E-state index in [1.54, 1.807) is 0 Å². The summed E-state index contributed by atoms with van der Waals surface area (Å²) in [6.07, 6.45) is 1.75. The molecule has 3 unspecified atom stereocenters. The van der Waals surface area contributed by atoms with Gasteiger partial charge in [-0.1, -0.05) is 32.0 Å². The predicted molar refractivity (Wildman–Crippen MR) is 94.8 cm³/mol. The number of hydrogen-bond acceptors (Lipinski definition) is 4. The molecule has 3 N–H and O–H groups in total. The van der Waals surface area contributed by atoms with Crippen molar-refractivity contribution in [3.8, 4) is 5.75 Å². The monoisotopic (exact) mass is 331 g/mol. The Hall–Kier alpha value is -1.59. The molecule has 24 heavy (non-hydrogen) atoms. The van der Waals surface area contributed by atoms with Crippen LogP contribution < -0.4 is 15.8 Å². The quantitative estimate of drug-likeness (QED) is 0.890. The van der Waals surface area contributed by atoms with E-state index in [9.17, 15) is 4.79 Å². The molecule has 2 aliphatic rings. The first-order chi connectivity index (χ1) is 11.4. The first-order valence-corrected chi connectivity index (χ1v) is 8.90. The number of benzene rings is 1. The Morgan fingerprint density at radius 2 is 2.12 bits per heavy atom. The third kappa shape index (κ3) is 3.42. The zero-order valence-corrected chi connectivity index (χ0v) is 14.9. The first-order valence-electron chi connectivity index (χ1n) is 8.90. The largest absolute Gasteiger partial charge is 0.493 e. The molecule has 2 heterocycles. The summed E-state index contributed by atoms with van der Waals surface area (Å²) in [6.45, 7) is 8.73. The van der Waals surface area contributed by atoms with E-state index >= 15 is 0 Å². The summed E-state index contributed by atoms with van der Waals surface area (Å²) in [4.78, 5) is 15.0. The van der Waals surface area contributed by atoms with Gasteiger partial charge in [0.25, 0.3) is 0 Å². The molecule has 132 valence electrons. The summed E-state index contributed by atoms with van der Waals surface area (Å²) in [5.41, 5.74) is 7.33. The molecule has 1 aromatic carbocycles. The lowest BCUT2D eigenvalue weighted by molar-refractivity contribution is -0.128. The zero-order valence-electron chi connectivity index (χ0n) is 14.9. The second-order valence-corrected chi connectivity index (χ2v) is 7.77. The number of ether oxygens (including phenoxy) is 1. The molecule has 1 aromatic rings. The van der Waals surface area contributed by atoms with Gasteiger partial charge in [-0.05, 0) is 24.8 Å². The highest BCUT2D eigenvalue weighted by Crippen LogP contribution is 2.32. The topological polar surface area (TPSA) is 67.6 Å². The van der Waals surface area contributed by atoms with E-state index in [2.05, 4.69) is 24.1 Å². The van der Waals surface area contributed by atoms with Crippen LogP contribution in [-0.4, -0.2) is 42.6 Å². The summed E-state index contributed by atoms with van der Waals surface area (Å²) in [7, 11) is 0. The number of amides is 1. The summed E-state index contributed by atoms with van der Waals surface area (Å²) in [5, 5.41) is 3.22. The molecule has 5 heteroatoms. The van der Waals surface area contributed by atoms with Crippen LogP contribution in [0.4, 0.5) is 0 Å². The Morgan fingerprint density at radius 1 is 1.38 bits per heavy atom. The third-order valence-corrected chi connectivity index (χ3v) is 5.54. The number of piperidine rings is 1. The van der Waals surface area contributed by atoms with Crippen LogP contribution in [0.15, 0.2) is 24.3 Å². The minimum atomic E-state index is -0.146. The lowest BCUT2D eigenvalue weighted by atomic mass is 9.79. The van der Waals surface area contributed by atoms with Crippen molar-refractivity contribution in [3.05, 3.63) is 29.8 Å². The number of nitrogens with zero attached hydrogens (tertiary/aromatic N) is 1. The van der Waals surface area contributed by atoms with E-state index in [0.29, 0.717) is 6.61 Å². The van der Waals surface area contributed by atoms with Crippen molar-refractivity contribution >= 4 is 5.91 Å². The van der Waals surface area contributed by atoms with Crippen molar-refractivity contribution < 1.29 is 9.53 Å². The molecule has 0 aliphatic carbocycles. The Kier molecular flexibility index (Phi) is 4.83. The Balaban J connectivity index is 1.65. The minimum absolute atomic E-state index is 0.0324. The molecule has 5 nitrogen and oxygen atoms in total. The number of carbonyl (C=O) groups excluding carboxylic acids is 1. The fourth-order valence-corrected chi connectivity index (χ4v) is 3.70. The summed E-state index contributed by atoms with van der Waals surface area (Å²) < 4.78 is 5.68. The predicted octanol–water partition coefficient (Wildman–Crippen LogP) is 2.07. The molecular formula is C19H29N3O2. The third-order valence-electron chi connectivity index (χ3n) is 5.54. The van der Waals surface area contributed by atoms with Crippen molar-refractivity contribution in [3.63, 3.8) is 0 Å². The molecule has 0 spiro atoms. The Labute approximate surface area is 144 Å². The van der Waals surface area contributed by atoms with Gasteiger partial charge in [0.2, 0.25) is 5.91 Å². The van der Waals surface area contributed by atoms with Crippen molar-refractivity contribution in [2.24, 2.45) is 11.1 Å². The van der Waals surface area contributed by atoms with Crippen LogP contribution in [0.25, 0.3) is 0 Å². The molecule has 0 saturated carbocycles. The van der Waals surface area contributed by atoms with Gasteiger partial charge in [-0.3, -0.25) is 9.69 Å². The number of nitrogens with one attached hydrogen (secondary N) is 1. The second-order valence-electron chi connectivity index (χ2n) is 7.77. The maximum Gasteiger partial charge on any atom is 0.237 e. The normalized spacial score (nSPS) is 27.7. The highest BCUT2D eigenvalue weighted by molar-refractivity contribution is 5.82. The van der Waals surface area contributed by atoms with Crippen LogP contribution in [-0.2, 0) is 4.79 Å². The van der Waals surface area contributed by atoms with Gasteiger partial charge in [-0.2, -0.15) is 0 Å². The molecule has 1 fully saturated rings. The SMILES string of the molecule is CC(C(=O)NC1CCOc2ccccc21)N1CCC(N)C(C)(C)C1. The molecular weight excluding hydrogens is 302 g/mol. The van der Waals surface area contributed by atoms with Gasteiger partial charge in [0.05, 0.1) is 18.7 Å². The summed E-state index contributed by atoms with van der Waals surface area (Å²) in [6, 6.07) is 8.04. The maximum atomic E-state index is 12.8. The van der Waals surface area contributed by atoms with Gasteiger partial charge in [0.1, 0.15) is 5.75 Å². The number of hydrogen-bond donors (Lipinski definition) is 2. The molecule has 1 saturated heterocycles. The Bertz CT molecular complexity index is 602. The number of para-hydroxylation sites is 1. The van der Waals surface area contributed by atoms with Gasteiger partial charge in [-0.25, -0.2) is 0 Å². The second kappa shape index (κ2) is 6.73. The van der Waals surface area contributed by atoms with E-state index in [-0.39, 0.29) is 29.4 Å².